The smallest absolute Gasteiger partial charge is 0.264 e. The second kappa shape index (κ2) is 5.81. The first-order valence-electron chi connectivity index (χ1n) is 6.37. The van der Waals surface area contributed by atoms with Crippen LogP contribution in [0.4, 0.5) is 14.5 Å². The van der Waals surface area contributed by atoms with Gasteiger partial charge < -0.3 is 0 Å². The highest BCUT2D eigenvalue weighted by molar-refractivity contribution is 7.92. The largest absolute Gasteiger partial charge is 0.280 e. The third kappa shape index (κ3) is 3.58. The van der Waals surface area contributed by atoms with Crippen molar-refractivity contribution >= 4 is 15.7 Å². The highest BCUT2D eigenvalue weighted by Crippen LogP contribution is 2.22. The molecule has 0 spiro atoms. The zero-order valence-electron chi connectivity index (χ0n) is 11.6. The zero-order valence-corrected chi connectivity index (χ0v) is 12.4. The molecule has 0 atom stereocenters. The average molecular weight is 311 g/mol. The summed E-state index contributed by atoms with van der Waals surface area (Å²) in [5.41, 5.74) is 1.35. The van der Waals surface area contributed by atoms with Crippen LogP contribution in [0, 0.1) is 11.6 Å². The standard InChI is InChI=1S/C15H15F2NO2S/c1-10(2)11-3-6-13(7-4-11)18-21(19,20)15-9-12(16)5-8-14(15)17/h3-10,18H,1-2H3. The number of nitrogens with one attached hydrogen (secondary N) is 1. The molecule has 2 aromatic rings. The molecule has 0 saturated carbocycles. The van der Waals surface area contributed by atoms with Crippen molar-refractivity contribution in [3.05, 3.63) is 59.7 Å². The Kier molecular flexibility index (Phi) is 4.27. The summed E-state index contributed by atoms with van der Waals surface area (Å²) in [6, 6.07) is 9.04. The molecule has 0 radical (unpaired) electrons. The van der Waals surface area contributed by atoms with E-state index in [4.69, 9.17) is 0 Å². The lowest BCUT2D eigenvalue weighted by Gasteiger charge is -2.10. The Labute approximate surface area is 122 Å². The number of anilines is 1. The third-order valence-corrected chi connectivity index (χ3v) is 4.41. The highest BCUT2D eigenvalue weighted by Gasteiger charge is 2.20. The minimum atomic E-state index is -4.16. The summed E-state index contributed by atoms with van der Waals surface area (Å²) in [6.07, 6.45) is 0. The summed E-state index contributed by atoms with van der Waals surface area (Å²) in [5, 5.41) is 0. The van der Waals surface area contributed by atoms with Gasteiger partial charge in [0.25, 0.3) is 10.0 Å². The van der Waals surface area contributed by atoms with Gasteiger partial charge in [0.1, 0.15) is 16.5 Å². The van der Waals surface area contributed by atoms with Crippen LogP contribution >= 0.6 is 0 Å². The summed E-state index contributed by atoms with van der Waals surface area (Å²) >= 11 is 0. The van der Waals surface area contributed by atoms with Crippen LogP contribution in [0.3, 0.4) is 0 Å². The van der Waals surface area contributed by atoms with E-state index in [1.54, 1.807) is 24.3 Å². The molecule has 6 heteroatoms. The maximum Gasteiger partial charge on any atom is 0.264 e. The lowest BCUT2D eigenvalue weighted by Crippen LogP contribution is -2.15. The number of hydrogen-bond acceptors (Lipinski definition) is 2. The number of rotatable bonds is 4. The minimum Gasteiger partial charge on any atom is -0.280 e. The summed E-state index contributed by atoms with van der Waals surface area (Å²) in [5.74, 6) is -1.49. The van der Waals surface area contributed by atoms with Crippen molar-refractivity contribution in [1.82, 2.24) is 0 Å². The first-order valence-corrected chi connectivity index (χ1v) is 7.86. The average Bonchev–Trinajstić information content (AvgIpc) is 2.41. The lowest BCUT2D eigenvalue weighted by molar-refractivity contribution is 0.555. The fraction of sp³-hybridized carbons (Fsp3) is 0.200. The molecule has 0 unspecified atom stereocenters. The van der Waals surface area contributed by atoms with Gasteiger partial charge in [0.05, 0.1) is 0 Å². The van der Waals surface area contributed by atoms with Crippen LogP contribution in [0.1, 0.15) is 25.3 Å². The quantitative estimate of drug-likeness (QED) is 0.931. The van der Waals surface area contributed by atoms with E-state index in [0.29, 0.717) is 17.7 Å². The summed E-state index contributed by atoms with van der Waals surface area (Å²) in [4.78, 5) is -0.713. The molecule has 0 saturated heterocycles. The maximum atomic E-state index is 13.6. The third-order valence-electron chi connectivity index (χ3n) is 3.01. The molecule has 0 aliphatic carbocycles. The molecule has 2 aromatic carbocycles. The monoisotopic (exact) mass is 311 g/mol. The van der Waals surface area contributed by atoms with E-state index >= 15 is 0 Å². The van der Waals surface area contributed by atoms with E-state index < -0.39 is 26.6 Å². The molecule has 0 bridgehead atoms. The first-order chi connectivity index (χ1) is 9.79. The SMILES string of the molecule is CC(C)c1ccc(NS(=O)(=O)c2cc(F)ccc2F)cc1. The van der Waals surface area contributed by atoms with Crippen molar-refractivity contribution in [1.29, 1.82) is 0 Å². The Morgan fingerprint density at radius 2 is 1.62 bits per heavy atom. The van der Waals surface area contributed by atoms with Crippen molar-refractivity contribution in [3.8, 4) is 0 Å². The van der Waals surface area contributed by atoms with Gasteiger partial charge in [0.2, 0.25) is 0 Å². The first kappa shape index (κ1) is 15.4. The minimum absolute atomic E-state index is 0.295. The van der Waals surface area contributed by atoms with Crippen LogP contribution in [0.25, 0.3) is 0 Å². The van der Waals surface area contributed by atoms with E-state index in [1.807, 2.05) is 13.8 Å². The maximum absolute atomic E-state index is 13.6. The Bertz CT molecular complexity index is 741. The summed E-state index contributed by atoms with van der Waals surface area (Å²) < 4.78 is 53.0. The number of hydrogen-bond donors (Lipinski definition) is 1. The van der Waals surface area contributed by atoms with E-state index in [9.17, 15) is 17.2 Å². The molecular weight excluding hydrogens is 296 g/mol. The van der Waals surface area contributed by atoms with Gasteiger partial charge in [0.15, 0.2) is 0 Å². The predicted molar refractivity (Wildman–Crippen MR) is 77.7 cm³/mol. The van der Waals surface area contributed by atoms with Crippen LogP contribution in [0.15, 0.2) is 47.4 Å². The molecule has 0 aliphatic heterocycles. The summed E-state index contributed by atoms with van der Waals surface area (Å²) in [6.45, 7) is 4.03. The Morgan fingerprint density at radius 3 is 2.19 bits per heavy atom. The van der Waals surface area contributed by atoms with Crippen LogP contribution in [0.2, 0.25) is 0 Å². The van der Waals surface area contributed by atoms with Crippen LogP contribution in [-0.4, -0.2) is 8.42 Å². The van der Waals surface area contributed by atoms with Gasteiger partial charge in [-0.25, -0.2) is 17.2 Å². The number of halogens is 2. The van der Waals surface area contributed by atoms with Gasteiger partial charge in [-0.2, -0.15) is 0 Å². The van der Waals surface area contributed by atoms with Gasteiger partial charge in [-0.05, 0) is 41.8 Å². The topological polar surface area (TPSA) is 46.2 Å². The van der Waals surface area contributed by atoms with Crippen LogP contribution in [0.5, 0.6) is 0 Å². The molecule has 1 N–H and O–H groups in total. The Hall–Kier alpha value is -1.95. The predicted octanol–water partition coefficient (Wildman–Crippen LogP) is 3.89. The number of sulfonamides is 1. The Morgan fingerprint density at radius 1 is 1.00 bits per heavy atom. The Balaban J connectivity index is 2.31. The van der Waals surface area contributed by atoms with Crippen molar-refractivity contribution in [2.45, 2.75) is 24.7 Å². The fourth-order valence-corrected chi connectivity index (χ4v) is 2.98. The molecule has 0 aromatic heterocycles. The normalized spacial score (nSPS) is 11.7. The molecule has 0 aliphatic rings. The van der Waals surface area contributed by atoms with E-state index in [1.165, 1.54) is 0 Å². The van der Waals surface area contributed by atoms with E-state index in [0.717, 1.165) is 17.7 Å². The van der Waals surface area contributed by atoms with Crippen molar-refractivity contribution < 1.29 is 17.2 Å². The van der Waals surface area contributed by atoms with Crippen LogP contribution < -0.4 is 4.72 Å². The van der Waals surface area contributed by atoms with Crippen LogP contribution in [-0.2, 0) is 10.0 Å². The molecular formula is C15H15F2NO2S. The van der Waals surface area contributed by atoms with Gasteiger partial charge in [-0.1, -0.05) is 26.0 Å². The second-order valence-corrected chi connectivity index (χ2v) is 6.61. The highest BCUT2D eigenvalue weighted by atomic mass is 32.2. The van der Waals surface area contributed by atoms with Crippen molar-refractivity contribution in [3.63, 3.8) is 0 Å². The second-order valence-electron chi connectivity index (χ2n) is 4.96. The molecule has 2 rings (SSSR count). The lowest BCUT2D eigenvalue weighted by atomic mass is 10.0. The molecule has 0 amide bonds. The molecule has 3 nitrogen and oxygen atoms in total. The van der Waals surface area contributed by atoms with Gasteiger partial charge in [0, 0.05) is 5.69 Å². The molecule has 0 heterocycles. The van der Waals surface area contributed by atoms with Gasteiger partial charge >= 0.3 is 0 Å². The molecule has 21 heavy (non-hydrogen) atoms. The summed E-state index contributed by atoms with van der Waals surface area (Å²) in [7, 11) is -4.16. The number of benzene rings is 2. The molecule has 112 valence electrons. The van der Waals surface area contributed by atoms with Crippen molar-refractivity contribution in [2.24, 2.45) is 0 Å². The molecule has 0 fully saturated rings. The van der Waals surface area contributed by atoms with E-state index in [2.05, 4.69) is 4.72 Å². The zero-order chi connectivity index (χ0) is 15.6. The van der Waals surface area contributed by atoms with E-state index in [-0.39, 0.29) is 0 Å². The fourth-order valence-electron chi connectivity index (χ4n) is 1.83. The van der Waals surface area contributed by atoms with Gasteiger partial charge in [-0.3, -0.25) is 4.72 Å². The van der Waals surface area contributed by atoms with Crippen molar-refractivity contribution in [2.75, 3.05) is 4.72 Å². The van der Waals surface area contributed by atoms with Gasteiger partial charge in [-0.15, -0.1) is 0 Å².